The summed E-state index contributed by atoms with van der Waals surface area (Å²) in [7, 11) is -7.23. The van der Waals surface area contributed by atoms with Crippen LogP contribution in [0.4, 0.5) is 5.69 Å². The van der Waals surface area contributed by atoms with Gasteiger partial charge in [-0.1, -0.05) is 24.3 Å². The van der Waals surface area contributed by atoms with E-state index in [1.54, 1.807) is 50.2 Å². The van der Waals surface area contributed by atoms with Gasteiger partial charge in [-0.3, -0.25) is 9.52 Å². The zero-order chi connectivity index (χ0) is 25.3. The molecule has 0 aromatic heterocycles. The number of anilines is 1. The van der Waals surface area contributed by atoms with Crippen LogP contribution in [-0.2, 0) is 19.9 Å². The molecule has 0 heterocycles. The van der Waals surface area contributed by atoms with E-state index >= 15 is 0 Å². The summed E-state index contributed by atoms with van der Waals surface area (Å²) in [5, 5.41) is 2.83. The molecule has 1 amide bonds. The lowest BCUT2D eigenvalue weighted by molar-refractivity contribution is 0.0939. The number of hydrogen-bond donors (Lipinski definition) is 2. The van der Waals surface area contributed by atoms with Gasteiger partial charge in [-0.15, -0.1) is 0 Å². The number of sulfonamides is 1. The number of carbonyl (C=O) groups is 1. The van der Waals surface area contributed by atoms with Gasteiger partial charge in [0.25, 0.3) is 15.9 Å². The lowest BCUT2D eigenvalue weighted by Gasteiger charge is -2.16. The fourth-order valence-corrected chi connectivity index (χ4v) is 5.36. The van der Waals surface area contributed by atoms with Gasteiger partial charge in [0.05, 0.1) is 15.8 Å². The van der Waals surface area contributed by atoms with Crippen molar-refractivity contribution in [1.82, 2.24) is 5.32 Å². The second-order valence-corrected chi connectivity index (χ2v) is 12.1. The van der Waals surface area contributed by atoms with Gasteiger partial charge in [-0.05, 0) is 86.3 Å². The number of carbonyl (C=O) groups excluding carboxylic acids is 1. The van der Waals surface area contributed by atoms with Crippen molar-refractivity contribution in [3.8, 4) is 0 Å². The molecule has 2 N–H and O–H groups in total. The Morgan fingerprint density at radius 2 is 1.41 bits per heavy atom. The number of aryl methyl sites for hydroxylation is 3. The molecule has 0 radical (unpaired) electrons. The van der Waals surface area contributed by atoms with Crippen molar-refractivity contribution < 1.29 is 21.6 Å². The van der Waals surface area contributed by atoms with Crippen LogP contribution in [0, 0.1) is 20.8 Å². The van der Waals surface area contributed by atoms with Crippen LogP contribution >= 0.6 is 0 Å². The molecule has 3 aromatic carbocycles. The maximum absolute atomic E-state index is 13.1. The summed E-state index contributed by atoms with van der Waals surface area (Å²) >= 11 is 0. The van der Waals surface area contributed by atoms with Crippen molar-refractivity contribution in [3.63, 3.8) is 0 Å². The zero-order valence-electron chi connectivity index (χ0n) is 19.7. The van der Waals surface area contributed by atoms with Crippen LogP contribution in [0.3, 0.4) is 0 Å². The minimum Gasteiger partial charge on any atom is -0.346 e. The molecule has 0 aliphatic rings. The highest BCUT2D eigenvalue weighted by Crippen LogP contribution is 2.23. The highest BCUT2D eigenvalue weighted by atomic mass is 32.2. The fraction of sp³-hybridized carbons (Fsp3) is 0.240. The molecule has 0 bridgehead atoms. The summed E-state index contributed by atoms with van der Waals surface area (Å²) in [5.74, 6) is -0.442. The van der Waals surface area contributed by atoms with E-state index in [0.717, 1.165) is 22.9 Å². The van der Waals surface area contributed by atoms with Gasteiger partial charge < -0.3 is 5.32 Å². The molecule has 7 nitrogen and oxygen atoms in total. The Labute approximate surface area is 201 Å². The average molecular weight is 501 g/mol. The van der Waals surface area contributed by atoms with Gasteiger partial charge in [-0.2, -0.15) is 0 Å². The zero-order valence-corrected chi connectivity index (χ0v) is 21.3. The van der Waals surface area contributed by atoms with Gasteiger partial charge >= 0.3 is 0 Å². The van der Waals surface area contributed by atoms with Crippen LogP contribution in [-0.4, -0.2) is 29.0 Å². The SMILES string of the molecule is Cc1ccc(NS(=O)(=O)c2cc(C(=O)NC(C)c3ccc(S(C)(=O)=O)cc3)ccc2C)cc1C. The Balaban J connectivity index is 1.81. The molecule has 0 saturated heterocycles. The van der Waals surface area contributed by atoms with Crippen LogP contribution in [0.2, 0.25) is 0 Å². The van der Waals surface area contributed by atoms with Gasteiger partial charge in [0.1, 0.15) is 0 Å². The minimum absolute atomic E-state index is 0.0172. The van der Waals surface area contributed by atoms with E-state index in [1.807, 2.05) is 19.9 Å². The first kappa shape index (κ1) is 25.5. The first-order valence-electron chi connectivity index (χ1n) is 10.6. The van der Waals surface area contributed by atoms with Gasteiger partial charge in [0, 0.05) is 17.5 Å². The number of sulfone groups is 1. The standard InChI is InChI=1S/C25H28N2O5S2/c1-16-7-11-22(14-18(16)3)27-34(31,32)24-15-21(8-6-17(24)2)25(28)26-19(4)20-9-12-23(13-10-20)33(5,29)30/h6-15,19,27H,1-5H3,(H,26,28). The Hall–Kier alpha value is -3.17. The monoisotopic (exact) mass is 500 g/mol. The summed E-state index contributed by atoms with van der Waals surface area (Å²) < 4.78 is 52.0. The number of amides is 1. The van der Waals surface area contributed by atoms with E-state index in [0.29, 0.717) is 11.3 Å². The van der Waals surface area contributed by atoms with Crippen molar-refractivity contribution in [1.29, 1.82) is 0 Å². The second-order valence-electron chi connectivity index (χ2n) is 8.42. The summed E-state index contributed by atoms with van der Waals surface area (Å²) in [6, 6.07) is 15.6. The van der Waals surface area contributed by atoms with E-state index in [2.05, 4.69) is 10.0 Å². The highest BCUT2D eigenvalue weighted by molar-refractivity contribution is 7.92. The minimum atomic E-state index is -3.92. The molecular formula is C25H28N2O5S2. The molecule has 0 fully saturated rings. The largest absolute Gasteiger partial charge is 0.346 e. The molecular weight excluding hydrogens is 472 g/mol. The molecule has 3 aromatic rings. The Morgan fingerprint density at radius 3 is 2.00 bits per heavy atom. The molecule has 180 valence electrons. The Bertz CT molecular complexity index is 1450. The third-order valence-electron chi connectivity index (χ3n) is 5.65. The number of benzene rings is 3. The van der Waals surface area contributed by atoms with E-state index in [-0.39, 0.29) is 15.4 Å². The van der Waals surface area contributed by atoms with Crippen LogP contribution in [0.1, 0.15) is 45.6 Å². The van der Waals surface area contributed by atoms with Crippen molar-refractivity contribution >= 4 is 31.5 Å². The van der Waals surface area contributed by atoms with Crippen LogP contribution in [0.15, 0.2) is 70.5 Å². The van der Waals surface area contributed by atoms with Crippen LogP contribution in [0.25, 0.3) is 0 Å². The van der Waals surface area contributed by atoms with Gasteiger partial charge in [0.2, 0.25) is 0 Å². The van der Waals surface area contributed by atoms with Crippen LogP contribution < -0.4 is 10.0 Å². The van der Waals surface area contributed by atoms with Crippen molar-refractivity contribution in [3.05, 3.63) is 88.5 Å². The summed E-state index contributed by atoms with van der Waals surface area (Å²) in [4.78, 5) is 13.1. The maximum Gasteiger partial charge on any atom is 0.262 e. The maximum atomic E-state index is 13.1. The number of rotatable bonds is 7. The predicted molar refractivity (Wildman–Crippen MR) is 133 cm³/mol. The Morgan fingerprint density at radius 1 is 0.794 bits per heavy atom. The fourth-order valence-electron chi connectivity index (χ4n) is 3.41. The van der Waals surface area contributed by atoms with E-state index < -0.39 is 31.8 Å². The highest BCUT2D eigenvalue weighted by Gasteiger charge is 2.21. The molecule has 3 rings (SSSR count). The molecule has 0 spiro atoms. The molecule has 0 saturated carbocycles. The average Bonchev–Trinajstić information content (AvgIpc) is 2.75. The molecule has 1 atom stereocenters. The number of hydrogen-bond acceptors (Lipinski definition) is 5. The van der Waals surface area contributed by atoms with Crippen LogP contribution in [0.5, 0.6) is 0 Å². The molecule has 34 heavy (non-hydrogen) atoms. The molecule has 1 unspecified atom stereocenters. The number of nitrogens with one attached hydrogen (secondary N) is 2. The third-order valence-corrected chi connectivity index (χ3v) is 8.31. The van der Waals surface area contributed by atoms with Gasteiger partial charge in [-0.25, -0.2) is 16.8 Å². The topological polar surface area (TPSA) is 109 Å². The molecule has 9 heteroatoms. The second kappa shape index (κ2) is 9.60. The third kappa shape index (κ3) is 5.84. The smallest absolute Gasteiger partial charge is 0.262 e. The van der Waals surface area contributed by atoms with E-state index in [1.165, 1.54) is 18.2 Å². The van der Waals surface area contributed by atoms with Crippen molar-refractivity contribution in [2.45, 2.75) is 43.5 Å². The van der Waals surface area contributed by atoms with Crippen molar-refractivity contribution in [2.24, 2.45) is 0 Å². The lowest BCUT2D eigenvalue weighted by atomic mass is 10.1. The quantitative estimate of drug-likeness (QED) is 0.503. The van der Waals surface area contributed by atoms with E-state index in [4.69, 9.17) is 0 Å². The van der Waals surface area contributed by atoms with E-state index in [9.17, 15) is 21.6 Å². The first-order chi connectivity index (χ1) is 15.8. The summed E-state index contributed by atoms with van der Waals surface area (Å²) in [6.07, 6.45) is 1.13. The molecule has 0 aliphatic heterocycles. The normalized spacial score (nSPS) is 12.7. The molecule has 0 aliphatic carbocycles. The van der Waals surface area contributed by atoms with Crippen molar-refractivity contribution in [2.75, 3.05) is 11.0 Å². The predicted octanol–water partition coefficient (Wildman–Crippen LogP) is 4.31. The van der Waals surface area contributed by atoms with Gasteiger partial charge in [0.15, 0.2) is 9.84 Å². The lowest BCUT2D eigenvalue weighted by Crippen LogP contribution is -2.27. The summed E-state index contributed by atoms with van der Waals surface area (Å²) in [5.41, 5.74) is 3.89. The first-order valence-corrected chi connectivity index (χ1v) is 14.0. The summed E-state index contributed by atoms with van der Waals surface area (Å²) in [6.45, 7) is 7.28. The Kier molecular flexibility index (Phi) is 7.18.